The van der Waals surface area contributed by atoms with Crippen molar-refractivity contribution < 1.29 is 14.3 Å². The second-order valence-corrected chi connectivity index (χ2v) is 9.49. The number of aryl methyl sites for hydroxylation is 1. The van der Waals surface area contributed by atoms with E-state index in [0.717, 1.165) is 44.3 Å². The normalized spacial score (nSPS) is 18.5. The number of esters is 1. The topological polar surface area (TPSA) is 113 Å². The van der Waals surface area contributed by atoms with Gasteiger partial charge in [-0.3, -0.25) is 9.89 Å². The molecular weight excluding hydrogens is 468 g/mol. The quantitative estimate of drug-likeness (QED) is 0.421. The molecule has 0 aliphatic carbocycles. The summed E-state index contributed by atoms with van der Waals surface area (Å²) in [5.74, 6) is 0.221. The van der Waals surface area contributed by atoms with Crippen molar-refractivity contribution in [3.05, 3.63) is 47.4 Å². The third kappa shape index (κ3) is 3.76. The SMILES string of the molecule is Cc1ccc2[nH]ncc2c1-c1cc2ncnc(N3CCC(C(=O)N[C@H]4COC4=O)CC3)c2cc1Cl. The van der Waals surface area contributed by atoms with Crippen molar-refractivity contribution in [1.82, 2.24) is 25.5 Å². The van der Waals surface area contributed by atoms with Gasteiger partial charge in [-0.1, -0.05) is 17.7 Å². The van der Waals surface area contributed by atoms with E-state index in [2.05, 4.69) is 43.4 Å². The molecular formula is C25H23ClN6O3. The van der Waals surface area contributed by atoms with Crippen molar-refractivity contribution in [1.29, 1.82) is 0 Å². The Morgan fingerprint density at radius 1 is 1.20 bits per heavy atom. The molecule has 2 aliphatic heterocycles. The van der Waals surface area contributed by atoms with Crippen LogP contribution in [0, 0.1) is 12.8 Å². The Morgan fingerprint density at radius 2 is 2.03 bits per heavy atom. The summed E-state index contributed by atoms with van der Waals surface area (Å²) in [7, 11) is 0. The predicted octanol–water partition coefficient (Wildman–Crippen LogP) is 3.39. The highest BCUT2D eigenvalue weighted by Gasteiger charge is 2.35. The first kappa shape index (κ1) is 21.8. The first-order chi connectivity index (χ1) is 17.0. The number of cyclic esters (lactones) is 1. The number of ether oxygens (including phenoxy) is 1. The fourth-order valence-corrected chi connectivity index (χ4v) is 5.23. The summed E-state index contributed by atoms with van der Waals surface area (Å²) < 4.78 is 4.73. The molecule has 10 heteroatoms. The van der Waals surface area contributed by atoms with Crippen LogP contribution in [-0.2, 0) is 14.3 Å². The molecule has 0 saturated carbocycles. The second kappa shape index (κ2) is 8.49. The maximum absolute atomic E-state index is 12.5. The molecule has 2 aromatic carbocycles. The summed E-state index contributed by atoms with van der Waals surface area (Å²) in [5.41, 5.74) is 4.79. The number of aromatic amines is 1. The number of anilines is 1. The van der Waals surface area contributed by atoms with E-state index in [1.807, 2.05) is 24.4 Å². The molecule has 0 bridgehead atoms. The molecule has 6 rings (SSSR count). The van der Waals surface area contributed by atoms with Crippen LogP contribution in [0.2, 0.25) is 5.02 Å². The fourth-order valence-electron chi connectivity index (χ4n) is 4.97. The van der Waals surface area contributed by atoms with Gasteiger partial charge in [0, 0.05) is 40.4 Å². The molecule has 178 valence electrons. The minimum atomic E-state index is -0.501. The third-order valence-corrected chi connectivity index (χ3v) is 7.28. The summed E-state index contributed by atoms with van der Waals surface area (Å²) >= 11 is 6.84. The number of hydrogen-bond acceptors (Lipinski definition) is 7. The Hall–Kier alpha value is -3.72. The van der Waals surface area contributed by atoms with Crippen LogP contribution in [0.15, 0.2) is 36.8 Å². The lowest BCUT2D eigenvalue weighted by atomic mass is 9.94. The highest BCUT2D eigenvalue weighted by atomic mass is 35.5. The molecule has 1 amide bonds. The minimum Gasteiger partial charge on any atom is -0.461 e. The van der Waals surface area contributed by atoms with Crippen LogP contribution >= 0.6 is 11.6 Å². The number of hydrogen-bond donors (Lipinski definition) is 2. The summed E-state index contributed by atoms with van der Waals surface area (Å²) in [6.07, 6.45) is 4.73. The summed E-state index contributed by atoms with van der Waals surface area (Å²) in [4.78, 5) is 35.1. The van der Waals surface area contributed by atoms with Crippen LogP contribution < -0.4 is 10.2 Å². The molecule has 4 aromatic rings. The van der Waals surface area contributed by atoms with Gasteiger partial charge in [0.1, 0.15) is 18.8 Å². The zero-order valence-corrected chi connectivity index (χ0v) is 19.8. The molecule has 2 aliphatic rings. The van der Waals surface area contributed by atoms with Gasteiger partial charge < -0.3 is 15.0 Å². The number of carbonyl (C=O) groups is 2. The van der Waals surface area contributed by atoms with E-state index in [1.165, 1.54) is 0 Å². The number of halogens is 1. The number of amides is 1. The van der Waals surface area contributed by atoms with Gasteiger partial charge in [-0.15, -0.1) is 0 Å². The van der Waals surface area contributed by atoms with E-state index in [0.29, 0.717) is 31.0 Å². The van der Waals surface area contributed by atoms with Gasteiger partial charge in [-0.2, -0.15) is 5.10 Å². The largest absolute Gasteiger partial charge is 0.461 e. The van der Waals surface area contributed by atoms with Crippen LogP contribution in [0.4, 0.5) is 5.82 Å². The molecule has 0 unspecified atom stereocenters. The lowest BCUT2D eigenvalue weighted by molar-refractivity contribution is -0.165. The number of piperidine rings is 1. The van der Waals surface area contributed by atoms with Crippen molar-refractivity contribution in [2.24, 2.45) is 5.92 Å². The van der Waals surface area contributed by atoms with E-state index in [-0.39, 0.29) is 24.4 Å². The molecule has 2 aromatic heterocycles. The predicted molar refractivity (Wildman–Crippen MR) is 132 cm³/mol. The first-order valence-corrected chi connectivity index (χ1v) is 12.0. The number of carbonyl (C=O) groups excluding carboxylic acids is 2. The number of nitrogens with one attached hydrogen (secondary N) is 2. The lowest BCUT2D eigenvalue weighted by Gasteiger charge is -2.34. The van der Waals surface area contributed by atoms with Crippen LogP contribution in [0.25, 0.3) is 32.9 Å². The van der Waals surface area contributed by atoms with E-state index in [4.69, 9.17) is 16.3 Å². The van der Waals surface area contributed by atoms with Gasteiger partial charge in [0.15, 0.2) is 6.04 Å². The first-order valence-electron chi connectivity index (χ1n) is 11.6. The van der Waals surface area contributed by atoms with Crippen LogP contribution in [0.1, 0.15) is 18.4 Å². The molecule has 0 spiro atoms. The van der Waals surface area contributed by atoms with E-state index >= 15 is 0 Å². The zero-order valence-electron chi connectivity index (χ0n) is 19.0. The standard InChI is InChI=1S/C25H23ClN6O3/c1-13-2-3-19-17(10-29-31-19)22(13)15-9-20-16(8-18(15)26)23(28-12-27-20)32-6-4-14(5-7-32)24(33)30-21-11-35-25(21)34/h2-3,8-10,12,14,21H,4-7,11H2,1H3,(H,29,31)(H,30,33)/t21-/m0/s1. The average molecular weight is 491 g/mol. The lowest BCUT2D eigenvalue weighted by Crippen LogP contribution is -2.55. The van der Waals surface area contributed by atoms with Crippen molar-refractivity contribution in [2.75, 3.05) is 24.6 Å². The number of H-pyrrole nitrogens is 1. The van der Waals surface area contributed by atoms with Crippen LogP contribution in [0.3, 0.4) is 0 Å². The third-order valence-electron chi connectivity index (χ3n) is 6.96. The molecule has 2 fully saturated rings. The van der Waals surface area contributed by atoms with Gasteiger partial charge in [0.05, 0.1) is 17.2 Å². The highest BCUT2D eigenvalue weighted by Crippen LogP contribution is 2.39. The summed E-state index contributed by atoms with van der Waals surface area (Å²) in [6, 6.07) is 7.50. The van der Waals surface area contributed by atoms with Crippen molar-refractivity contribution in [3.63, 3.8) is 0 Å². The van der Waals surface area contributed by atoms with Crippen molar-refractivity contribution >= 4 is 51.1 Å². The number of fused-ring (bicyclic) bond motifs is 2. The Balaban J connectivity index is 1.28. The number of nitrogens with zero attached hydrogens (tertiary/aromatic N) is 4. The Morgan fingerprint density at radius 3 is 2.77 bits per heavy atom. The van der Waals surface area contributed by atoms with E-state index in [1.54, 1.807) is 6.33 Å². The zero-order chi connectivity index (χ0) is 24.1. The number of aromatic nitrogens is 4. The Labute approximate surface area is 205 Å². The summed E-state index contributed by atoms with van der Waals surface area (Å²) in [5, 5.41) is 12.5. The monoisotopic (exact) mass is 490 g/mol. The number of rotatable bonds is 4. The molecule has 4 heterocycles. The Kier molecular flexibility index (Phi) is 5.29. The van der Waals surface area contributed by atoms with Gasteiger partial charge in [-0.05, 0) is 49.1 Å². The maximum Gasteiger partial charge on any atom is 0.332 e. The molecule has 2 saturated heterocycles. The van der Waals surface area contributed by atoms with Crippen LogP contribution in [-0.4, -0.2) is 57.8 Å². The fraction of sp³-hybridized carbons (Fsp3) is 0.320. The number of benzene rings is 2. The van der Waals surface area contributed by atoms with E-state index in [9.17, 15) is 9.59 Å². The Bertz CT molecular complexity index is 1480. The maximum atomic E-state index is 12.5. The van der Waals surface area contributed by atoms with Gasteiger partial charge >= 0.3 is 5.97 Å². The molecule has 2 N–H and O–H groups in total. The highest BCUT2D eigenvalue weighted by molar-refractivity contribution is 6.35. The van der Waals surface area contributed by atoms with Crippen molar-refractivity contribution in [2.45, 2.75) is 25.8 Å². The minimum absolute atomic E-state index is 0.0877. The summed E-state index contributed by atoms with van der Waals surface area (Å²) in [6.45, 7) is 3.66. The molecule has 9 nitrogen and oxygen atoms in total. The smallest absolute Gasteiger partial charge is 0.332 e. The molecule has 0 radical (unpaired) electrons. The molecule has 1 atom stereocenters. The van der Waals surface area contributed by atoms with Gasteiger partial charge in [-0.25, -0.2) is 14.8 Å². The van der Waals surface area contributed by atoms with Crippen LogP contribution in [0.5, 0.6) is 0 Å². The second-order valence-electron chi connectivity index (χ2n) is 9.09. The molecule has 35 heavy (non-hydrogen) atoms. The van der Waals surface area contributed by atoms with Crippen molar-refractivity contribution in [3.8, 4) is 11.1 Å². The van der Waals surface area contributed by atoms with Gasteiger partial charge in [0.25, 0.3) is 0 Å². The van der Waals surface area contributed by atoms with E-state index < -0.39 is 6.04 Å². The van der Waals surface area contributed by atoms with Gasteiger partial charge in [0.2, 0.25) is 5.91 Å². The average Bonchev–Trinajstić information content (AvgIpc) is 3.35.